The Morgan fingerprint density at radius 1 is 1.27 bits per heavy atom. The molecule has 1 N–H and O–H groups in total. The first-order chi connectivity index (χ1) is 14.4. The van der Waals surface area contributed by atoms with Gasteiger partial charge in [-0.3, -0.25) is 14.4 Å². The second kappa shape index (κ2) is 10.2. The Balaban J connectivity index is 1.71. The number of amides is 1. The molecule has 2 aromatic heterocycles. The first-order valence-electron chi connectivity index (χ1n) is 10.7. The second-order valence-corrected chi connectivity index (χ2v) is 9.01. The van der Waals surface area contributed by atoms with Crippen LogP contribution in [0.25, 0.3) is 0 Å². The molecule has 0 saturated carbocycles. The van der Waals surface area contributed by atoms with E-state index in [2.05, 4.69) is 17.3 Å². The van der Waals surface area contributed by atoms with Gasteiger partial charge in [0.15, 0.2) is 0 Å². The van der Waals surface area contributed by atoms with E-state index >= 15 is 0 Å². The molecule has 164 valence electrons. The summed E-state index contributed by atoms with van der Waals surface area (Å²) in [7, 11) is 3.31. The fourth-order valence-electron chi connectivity index (χ4n) is 4.04. The average Bonchev–Trinajstić information content (AvgIpc) is 3.20. The van der Waals surface area contributed by atoms with E-state index < -0.39 is 0 Å². The molecule has 0 bridgehead atoms. The number of anilines is 1. The summed E-state index contributed by atoms with van der Waals surface area (Å²) in [4.78, 5) is 28.4. The number of aromatic nitrogens is 2. The van der Waals surface area contributed by atoms with Crippen LogP contribution in [0.5, 0.6) is 0 Å². The maximum absolute atomic E-state index is 12.8. The fourth-order valence-corrected chi connectivity index (χ4v) is 5.34. The summed E-state index contributed by atoms with van der Waals surface area (Å²) in [6.07, 6.45) is 8.26. The highest BCUT2D eigenvalue weighted by molar-refractivity contribution is 7.17. The molecule has 0 saturated heterocycles. The van der Waals surface area contributed by atoms with Crippen LogP contribution in [0, 0.1) is 6.92 Å². The number of hydrogen-bond donors (Lipinski definition) is 1. The number of esters is 1. The van der Waals surface area contributed by atoms with Crippen LogP contribution in [0.2, 0.25) is 0 Å². The molecule has 0 spiro atoms. The van der Waals surface area contributed by atoms with Gasteiger partial charge in [-0.05, 0) is 52.1 Å². The van der Waals surface area contributed by atoms with Crippen molar-refractivity contribution in [3.05, 3.63) is 33.5 Å². The standard InChI is InChI=1S/C22H32N4O3S/c1-5-26-15(2)16(12-23-26)13-25(3)14-19(27)24-21-20(22(28)29-4)17-10-8-6-7-9-11-18(17)30-21/h12H,5-11,13-14H2,1-4H3,(H,24,27). The number of nitrogens with one attached hydrogen (secondary N) is 1. The Bertz CT molecular complexity index is 903. The topological polar surface area (TPSA) is 76.5 Å². The minimum absolute atomic E-state index is 0.127. The van der Waals surface area contributed by atoms with Crippen LogP contribution in [0.1, 0.15) is 64.7 Å². The van der Waals surface area contributed by atoms with E-state index in [9.17, 15) is 9.59 Å². The summed E-state index contributed by atoms with van der Waals surface area (Å²) in [6.45, 7) is 5.81. The molecule has 0 radical (unpaired) electrons. The molecule has 0 aromatic carbocycles. The summed E-state index contributed by atoms with van der Waals surface area (Å²) in [5, 5.41) is 7.98. The average molecular weight is 433 g/mol. The van der Waals surface area contributed by atoms with Crippen LogP contribution in [0.15, 0.2) is 6.20 Å². The zero-order valence-corrected chi connectivity index (χ0v) is 19.2. The first kappa shape index (κ1) is 22.5. The predicted octanol–water partition coefficient (Wildman–Crippen LogP) is 3.79. The fraction of sp³-hybridized carbons (Fsp3) is 0.591. The molecule has 1 aliphatic carbocycles. The van der Waals surface area contributed by atoms with Gasteiger partial charge in [0.2, 0.25) is 5.91 Å². The molecule has 0 atom stereocenters. The molecule has 2 heterocycles. The van der Waals surface area contributed by atoms with Gasteiger partial charge in [0.1, 0.15) is 5.00 Å². The Kier molecular flexibility index (Phi) is 7.66. The van der Waals surface area contributed by atoms with Gasteiger partial charge >= 0.3 is 5.97 Å². The number of fused-ring (bicyclic) bond motifs is 1. The van der Waals surface area contributed by atoms with Crippen molar-refractivity contribution in [2.24, 2.45) is 0 Å². The van der Waals surface area contributed by atoms with E-state index in [1.54, 1.807) is 0 Å². The minimum Gasteiger partial charge on any atom is -0.465 e. The third-order valence-electron chi connectivity index (χ3n) is 5.67. The van der Waals surface area contributed by atoms with E-state index in [-0.39, 0.29) is 18.4 Å². The van der Waals surface area contributed by atoms with Crippen molar-refractivity contribution in [1.29, 1.82) is 0 Å². The Morgan fingerprint density at radius 3 is 2.67 bits per heavy atom. The minimum atomic E-state index is -0.362. The maximum atomic E-state index is 12.8. The molecule has 1 amide bonds. The number of rotatable bonds is 7. The van der Waals surface area contributed by atoms with Crippen molar-refractivity contribution in [3.63, 3.8) is 0 Å². The molecule has 7 nitrogen and oxygen atoms in total. The zero-order chi connectivity index (χ0) is 21.7. The zero-order valence-electron chi connectivity index (χ0n) is 18.4. The highest BCUT2D eigenvalue weighted by Crippen LogP contribution is 2.37. The van der Waals surface area contributed by atoms with E-state index in [0.717, 1.165) is 49.0 Å². The molecule has 3 rings (SSSR count). The molecular formula is C22H32N4O3S. The number of aryl methyl sites for hydroxylation is 2. The highest BCUT2D eigenvalue weighted by atomic mass is 32.1. The third-order valence-corrected chi connectivity index (χ3v) is 6.88. The lowest BCUT2D eigenvalue weighted by atomic mass is 9.96. The predicted molar refractivity (Wildman–Crippen MR) is 119 cm³/mol. The van der Waals surface area contributed by atoms with Gasteiger partial charge in [-0.1, -0.05) is 12.8 Å². The number of carbonyl (C=O) groups excluding carboxylic acids is 2. The van der Waals surface area contributed by atoms with Gasteiger partial charge in [0, 0.05) is 29.2 Å². The molecule has 0 fully saturated rings. The van der Waals surface area contributed by atoms with Gasteiger partial charge in [-0.2, -0.15) is 5.10 Å². The number of likely N-dealkylation sites (N-methyl/N-ethyl adjacent to an activating group) is 1. The number of hydrogen-bond acceptors (Lipinski definition) is 6. The van der Waals surface area contributed by atoms with Crippen molar-refractivity contribution in [1.82, 2.24) is 14.7 Å². The lowest BCUT2D eigenvalue weighted by molar-refractivity contribution is -0.117. The van der Waals surface area contributed by atoms with E-state index in [4.69, 9.17) is 4.74 Å². The molecule has 8 heteroatoms. The smallest absolute Gasteiger partial charge is 0.341 e. The molecular weight excluding hydrogens is 400 g/mol. The van der Waals surface area contributed by atoms with Crippen molar-refractivity contribution in [2.75, 3.05) is 26.0 Å². The number of carbonyl (C=O) groups is 2. The number of methoxy groups -OCH3 is 1. The molecule has 0 unspecified atom stereocenters. The monoisotopic (exact) mass is 432 g/mol. The van der Waals surface area contributed by atoms with Crippen molar-refractivity contribution >= 4 is 28.2 Å². The maximum Gasteiger partial charge on any atom is 0.341 e. The van der Waals surface area contributed by atoms with Crippen molar-refractivity contribution < 1.29 is 14.3 Å². The van der Waals surface area contributed by atoms with E-state index in [1.165, 1.54) is 36.2 Å². The van der Waals surface area contributed by atoms with Gasteiger partial charge in [0.05, 0.1) is 25.4 Å². The highest BCUT2D eigenvalue weighted by Gasteiger charge is 2.26. The number of ether oxygens (including phenoxy) is 1. The van der Waals surface area contributed by atoms with Gasteiger partial charge in [-0.15, -0.1) is 11.3 Å². The van der Waals surface area contributed by atoms with Gasteiger partial charge in [-0.25, -0.2) is 4.79 Å². The second-order valence-electron chi connectivity index (χ2n) is 7.91. The summed E-state index contributed by atoms with van der Waals surface area (Å²) in [5.41, 5.74) is 3.85. The van der Waals surface area contributed by atoms with Crippen LogP contribution in [0.3, 0.4) is 0 Å². The lowest BCUT2D eigenvalue weighted by Gasteiger charge is -2.16. The summed E-state index contributed by atoms with van der Waals surface area (Å²) in [6, 6.07) is 0. The van der Waals surface area contributed by atoms with Crippen LogP contribution >= 0.6 is 11.3 Å². The Labute approximate surface area is 182 Å². The number of nitrogens with zero attached hydrogens (tertiary/aromatic N) is 3. The normalized spacial score (nSPS) is 14.2. The van der Waals surface area contributed by atoms with Crippen molar-refractivity contribution in [2.45, 2.75) is 65.5 Å². The molecule has 2 aromatic rings. The molecule has 1 aliphatic rings. The quantitative estimate of drug-likeness (QED) is 0.674. The third kappa shape index (κ3) is 5.10. The van der Waals surface area contributed by atoms with Gasteiger partial charge in [0.25, 0.3) is 0 Å². The number of thiophene rings is 1. The Hall–Kier alpha value is -2.19. The van der Waals surface area contributed by atoms with Crippen LogP contribution < -0.4 is 5.32 Å². The molecule has 30 heavy (non-hydrogen) atoms. The SMILES string of the molecule is CCn1ncc(CN(C)CC(=O)Nc2sc3c(c2C(=O)OC)CCCCCC3)c1C. The summed E-state index contributed by atoms with van der Waals surface area (Å²) >= 11 is 1.53. The first-order valence-corrected chi connectivity index (χ1v) is 11.5. The van der Waals surface area contributed by atoms with E-state index in [0.29, 0.717) is 17.1 Å². The summed E-state index contributed by atoms with van der Waals surface area (Å²) in [5.74, 6) is -0.489. The summed E-state index contributed by atoms with van der Waals surface area (Å²) < 4.78 is 6.99. The van der Waals surface area contributed by atoms with Crippen LogP contribution in [-0.4, -0.2) is 47.3 Å². The Morgan fingerprint density at radius 2 is 2.00 bits per heavy atom. The van der Waals surface area contributed by atoms with Gasteiger partial charge < -0.3 is 10.1 Å². The molecule has 0 aliphatic heterocycles. The lowest BCUT2D eigenvalue weighted by Crippen LogP contribution is -2.30. The van der Waals surface area contributed by atoms with Crippen LogP contribution in [0.4, 0.5) is 5.00 Å². The van der Waals surface area contributed by atoms with Crippen molar-refractivity contribution in [3.8, 4) is 0 Å². The van der Waals surface area contributed by atoms with Crippen LogP contribution in [-0.2, 0) is 35.5 Å². The van der Waals surface area contributed by atoms with E-state index in [1.807, 2.05) is 29.7 Å². The largest absolute Gasteiger partial charge is 0.465 e.